The topological polar surface area (TPSA) is 111 Å². The van der Waals surface area contributed by atoms with E-state index in [1.54, 1.807) is 64.8 Å². The number of methoxy groups -OCH3 is 2. The number of nitrogens with one attached hydrogen (secondary N) is 1. The second-order valence-electron chi connectivity index (χ2n) is 13.1. The van der Waals surface area contributed by atoms with E-state index >= 15 is 4.39 Å². The molecule has 0 aliphatic carbocycles. The lowest BCUT2D eigenvalue weighted by Gasteiger charge is -2.36. The van der Waals surface area contributed by atoms with E-state index in [1.165, 1.54) is 14.2 Å². The van der Waals surface area contributed by atoms with Gasteiger partial charge in [0, 0.05) is 89.6 Å². The summed E-state index contributed by atoms with van der Waals surface area (Å²) in [4.78, 5) is 41.4. The van der Waals surface area contributed by atoms with Gasteiger partial charge in [-0.05, 0) is 45.0 Å². The molecule has 2 aliphatic rings. The molecule has 2 aromatic heterocycles. The number of benzene rings is 2. The Hall–Kier alpha value is -4.85. The summed E-state index contributed by atoms with van der Waals surface area (Å²) < 4.78 is 48.3. The summed E-state index contributed by atoms with van der Waals surface area (Å²) >= 11 is 0. The smallest absolute Gasteiger partial charge is 0.410 e. The zero-order chi connectivity index (χ0) is 35.6. The number of ether oxygens (including phenoxy) is 3. The third-order valence-electron chi connectivity index (χ3n) is 8.66. The first-order valence-electron chi connectivity index (χ1n) is 16.2. The van der Waals surface area contributed by atoms with Crippen molar-refractivity contribution in [1.82, 2.24) is 19.4 Å². The number of esters is 2. The summed E-state index contributed by atoms with van der Waals surface area (Å²) in [6, 6.07) is 6.95. The maximum atomic E-state index is 15.3. The Labute approximate surface area is 284 Å². The first kappa shape index (κ1) is 35.5. The lowest BCUT2D eigenvalue weighted by molar-refractivity contribution is 0.0240. The van der Waals surface area contributed by atoms with Crippen molar-refractivity contribution in [2.24, 2.45) is 14.1 Å². The maximum absolute atomic E-state index is 15.3. The van der Waals surface area contributed by atoms with Crippen molar-refractivity contribution < 1.29 is 37.4 Å². The van der Waals surface area contributed by atoms with E-state index in [1.807, 2.05) is 30.6 Å². The molecule has 49 heavy (non-hydrogen) atoms. The molecule has 2 saturated heterocycles. The van der Waals surface area contributed by atoms with Crippen molar-refractivity contribution in [1.29, 1.82) is 0 Å². The number of amides is 1. The van der Waals surface area contributed by atoms with Crippen LogP contribution < -0.4 is 15.1 Å². The van der Waals surface area contributed by atoms with Crippen LogP contribution in [0.1, 0.15) is 41.5 Å². The van der Waals surface area contributed by atoms with E-state index in [9.17, 15) is 18.8 Å². The van der Waals surface area contributed by atoms with E-state index in [-0.39, 0.29) is 17.7 Å². The highest BCUT2D eigenvalue weighted by Gasteiger charge is 2.28. The summed E-state index contributed by atoms with van der Waals surface area (Å²) in [5, 5.41) is 4.35. The minimum atomic E-state index is -0.546. The Kier molecular flexibility index (Phi) is 10.4. The zero-order valence-electron chi connectivity index (χ0n) is 29.1. The highest BCUT2D eigenvalue weighted by atomic mass is 19.1. The molecule has 0 unspecified atom stereocenters. The number of halogens is 2. The largest absolute Gasteiger partial charge is 0.465 e. The molecule has 4 aromatic rings. The summed E-state index contributed by atoms with van der Waals surface area (Å²) in [5.74, 6) is -1.62. The molecule has 2 aliphatic heterocycles. The summed E-state index contributed by atoms with van der Waals surface area (Å²) in [7, 11) is 6.06. The van der Waals surface area contributed by atoms with E-state index in [2.05, 4.69) is 5.32 Å². The molecule has 2 aromatic carbocycles. The number of aromatic nitrogens is 2. The van der Waals surface area contributed by atoms with Crippen molar-refractivity contribution >= 4 is 51.2 Å². The van der Waals surface area contributed by atoms with Crippen LogP contribution in [0.2, 0.25) is 0 Å². The molecule has 14 heteroatoms. The number of piperazine rings is 2. The number of fused-ring (bicyclic) bond motifs is 2. The Morgan fingerprint density at radius 2 is 1.12 bits per heavy atom. The van der Waals surface area contributed by atoms with Crippen LogP contribution >= 0.6 is 0 Å². The Morgan fingerprint density at radius 1 is 0.694 bits per heavy atom. The van der Waals surface area contributed by atoms with Crippen molar-refractivity contribution in [3.05, 3.63) is 59.4 Å². The standard InChI is InChI=1S/C20H26FN3O4.C15H18FN3O2/c1-20(2,3)28-19(26)24-10-8-23(9-11-24)15-7-6-13-14(18(25)27-5)12-22(4)17(13)16(15)21;1-18-9-11(15(20)21-2)10-3-4-12(13(16)14(10)18)19-7-5-17-6-8-19/h6-7,12H,8-11H2,1-5H3;3-4,9,17H,5-8H2,1-2H3. The van der Waals surface area contributed by atoms with Crippen LogP contribution in [0.3, 0.4) is 0 Å². The van der Waals surface area contributed by atoms with Gasteiger partial charge in [-0.3, -0.25) is 0 Å². The number of aryl methyl sites for hydroxylation is 2. The van der Waals surface area contributed by atoms with Gasteiger partial charge in [0.2, 0.25) is 0 Å². The highest BCUT2D eigenvalue weighted by Crippen LogP contribution is 2.32. The van der Waals surface area contributed by atoms with Gasteiger partial charge in [-0.2, -0.15) is 0 Å². The highest BCUT2D eigenvalue weighted by molar-refractivity contribution is 6.06. The van der Waals surface area contributed by atoms with Gasteiger partial charge >= 0.3 is 18.0 Å². The first-order valence-corrected chi connectivity index (χ1v) is 16.2. The monoisotopic (exact) mass is 682 g/mol. The van der Waals surface area contributed by atoms with Gasteiger partial charge < -0.3 is 43.4 Å². The van der Waals surface area contributed by atoms with Crippen molar-refractivity contribution in [2.45, 2.75) is 26.4 Å². The molecule has 4 heterocycles. The summed E-state index contributed by atoms with van der Waals surface area (Å²) in [6.07, 6.45) is 2.83. The normalized spacial score (nSPS) is 15.2. The second-order valence-corrected chi connectivity index (χ2v) is 13.1. The lowest BCUT2D eigenvalue weighted by atomic mass is 10.1. The number of hydrogen-bond acceptors (Lipinski definition) is 9. The van der Waals surface area contributed by atoms with E-state index in [0.29, 0.717) is 70.5 Å². The SMILES string of the molecule is COC(=O)c1cn(C)c2c(F)c(N3CCN(C(=O)OC(C)(C)C)CC3)ccc12.COC(=O)c1cn(C)c2c(F)c(N3CCNCC3)ccc12. The zero-order valence-corrected chi connectivity index (χ0v) is 29.1. The van der Waals surface area contributed by atoms with Gasteiger partial charge in [0.1, 0.15) is 5.60 Å². The molecular weight excluding hydrogens is 638 g/mol. The molecule has 264 valence electrons. The Morgan fingerprint density at radius 3 is 1.53 bits per heavy atom. The van der Waals surface area contributed by atoms with Crippen LogP contribution in [-0.2, 0) is 28.3 Å². The molecule has 0 saturated carbocycles. The molecule has 1 amide bonds. The quantitative estimate of drug-likeness (QED) is 0.243. The average molecular weight is 683 g/mol. The van der Waals surface area contributed by atoms with Gasteiger partial charge in [0.05, 0.1) is 47.8 Å². The first-order chi connectivity index (χ1) is 23.2. The van der Waals surface area contributed by atoms with Crippen LogP contribution in [-0.4, -0.2) is 104 Å². The molecule has 0 bridgehead atoms. The fourth-order valence-electron chi connectivity index (χ4n) is 6.28. The van der Waals surface area contributed by atoms with E-state index in [0.717, 1.165) is 26.2 Å². The molecular formula is C35H44F2N6O6. The third kappa shape index (κ3) is 7.28. The number of carbonyl (C=O) groups is 3. The minimum absolute atomic E-state index is 0.285. The molecule has 1 N–H and O–H groups in total. The van der Waals surface area contributed by atoms with Crippen LogP contribution in [0.25, 0.3) is 21.8 Å². The Balaban J connectivity index is 0.000000199. The fourth-order valence-corrected chi connectivity index (χ4v) is 6.28. The predicted molar refractivity (Wildman–Crippen MR) is 184 cm³/mol. The Bertz CT molecular complexity index is 1870. The number of hydrogen-bond donors (Lipinski definition) is 1. The second kappa shape index (κ2) is 14.3. The molecule has 0 spiro atoms. The third-order valence-corrected chi connectivity index (χ3v) is 8.66. The van der Waals surface area contributed by atoms with Crippen molar-refractivity contribution in [3.63, 3.8) is 0 Å². The summed E-state index contributed by atoms with van der Waals surface area (Å²) in [5.41, 5.74) is 2.00. The summed E-state index contributed by atoms with van der Waals surface area (Å²) in [6.45, 7) is 10.6. The van der Waals surface area contributed by atoms with Crippen LogP contribution in [0, 0.1) is 11.6 Å². The molecule has 0 radical (unpaired) electrons. The number of nitrogens with zero attached hydrogens (tertiary/aromatic N) is 5. The van der Waals surface area contributed by atoms with Gasteiger partial charge in [0.15, 0.2) is 11.6 Å². The average Bonchev–Trinajstić information content (AvgIpc) is 3.61. The van der Waals surface area contributed by atoms with Crippen LogP contribution in [0.15, 0.2) is 36.7 Å². The maximum Gasteiger partial charge on any atom is 0.410 e. The van der Waals surface area contributed by atoms with E-state index < -0.39 is 17.5 Å². The van der Waals surface area contributed by atoms with Crippen molar-refractivity contribution in [3.8, 4) is 0 Å². The minimum Gasteiger partial charge on any atom is -0.465 e. The predicted octanol–water partition coefficient (Wildman–Crippen LogP) is 4.67. The number of anilines is 2. The van der Waals surface area contributed by atoms with Gasteiger partial charge in [-0.25, -0.2) is 23.2 Å². The molecule has 0 atom stereocenters. The van der Waals surface area contributed by atoms with Crippen LogP contribution in [0.4, 0.5) is 25.0 Å². The van der Waals surface area contributed by atoms with Crippen LogP contribution in [0.5, 0.6) is 0 Å². The lowest BCUT2D eigenvalue weighted by Crippen LogP contribution is -2.50. The number of rotatable bonds is 4. The molecule has 2 fully saturated rings. The van der Waals surface area contributed by atoms with Gasteiger partial charge in [-0.1, -0.05) is 0 Å². The van der Waals surface area contributed by atoms with Gasteiger partial charge in [-0.15, -0.1) is 0 Å². The molecule has 12 nitrogen and oxygen atoms in total. The van der Waals surface area contributed by atoms with E-state index in [4.69, 9.17) is 14.2 Å². The fraction of sp³-hybridized carbons (Fsp3) is 0.457. The molecule has 6 rings (SSSR count). The van der Waals surface area contributed by atoms with Crippen molar-refractivity contribution in [2.75, 3.05) is 76.4 Å². The van der Waals surface area contributed by atoms with Gasteiger partial charge in [0.25, 0.3) is 0 Å². The number of carbonyl (C=O) groups excluding carboxylic acids is 3.